The van der Waals surface area contributed by atoms with E-state index in [0.717, 1.165) is 10.9 Å². The van der Waals surface area contributed by atoms with Crippen LogP contribution in [-0.2, 0) is 10.0 Å². The summed E-state index contributed by atoms with van der Waals surface area (Å²) < 4.78 is 26.0. The maximum atomic E-state index is 11.9. The first-order valence-corrected chi connectivity index (χ1v) is 9.94. The highest BCUT2D eigenvalue weighted by atomic mass is 32.2. The van der Waals surface area contributed by atoms with Crippen LogP contribution in [0.4, 0.5) is 11.4 Å². The summed E-state index contributed by atoms with van der Waals surface area (Å²) in [6.45, 7) is 6.11. The van der Waals surface area contributed by atoms with Crippen molar-refractivity contribution in [2.45, 2.75) is 31.7 Å². The fourth-order valence-corrected chi connectivity index (χ4v) is 4.16. The average molecular weight is 383 g/mol. The number of nitrogens with zero attached hydrogens (tertiary/aromatic N) is 1. The lowest BCUT2D eigenvalue weighted by atomic mass is 9.85. The second-order valence-electron chi connectivity index (χ2n) is 6.60. The maximum absolute atomic E-state index is 11.9. The highest BCUT2D eigenvalue weighted by Crippen LogP contribution is 2.40. The van der Waals surface area contributed by atoms with Crippen molar-refractivity contribution in [3.63, 3.8) is 0 Å². The van der Waals surface area contributed by atoms with E-state index in [9.17, 15) is 18.5 Å². The minimum atomic E-state index is -3.75. The van der Waals surface area contributed by atoms with Crippen molar-refractivity contribution >= 4 is 32.7 Å². The normalized spacial score (nSPS) is 13.4. The molecule has 0 saturated heterocycles. The van der Waals surface area contributed by atoms with Crippen molar-refractivity contribution in [2.75, 3.05) is 12.4 Å². The van der Waals surface area contributed by atoms with Gasteiger partial charge in [0.15, 0.2) is 0 Å². The van der Waals surface area contributed by atoms with Crippen LogP contribution in [-0.4, -0.2) is 20.4 Å². The smallest absolute Gasteiger partial charge is 0.293 e. The molecule has 9 heteroatoms. The van der Waals surface area contributed by atoms with Gasteiger partial charge in [0.1, 0.15) is 5.69 Å². The zero-order valence-electron chi connectivity index (χ0n) is 14.4. The van der Waals surface area contributed by atoms with Gasteiger partial charge in [-0.2, -0.15) is 0 Å². The Morgan fingerprint density at radius 3 is 2.40 bits per heavy atom. The number of nitro benzene ring substituents is 1. The fourth-order valence-electron chi connectivity index (χ4n) is 2.40. The summed E-state index contributed by atoms with van der Waals surface area (Å²) in [7, 11) is -2.49. The highest BCUT2D eigenvalue weighted by Gasteiger charge is 2.30. The van der Waals surface area contributed by atoms with Crippen molar-refractivity contribution in [2.24, 2.45) is 5.41 Å². The van der Waals surface area contributed by atoms with E-state index in [-0.39, 0.29) is 27.7 Å². The molecule has 0 aliphatic carbocycles. The fraction of sp³-hybridized carbons (Fsp3) is 0.375. The van der Waals surface area contributed by atoms with Crippen molar-refractivity contribution in [1.82, 2.24) is 4.72 Å². The molecule has 0 saturated carbocycles. The van der Waals surface area contributed by atoms with Crippen LogP contribution >= 0.6 is 11.3 Å². The molecule has 0 aliphatic rings. The van der Waals surface area contributed by atoms with Crippen LogP contribution in [0.15, 0.2) is 40.6 Å². The van der Waals surface area contributed by atoms with Crippen molar-refractivity contribution < 1.29 is 13.3 Å². The summed E-state index contributed by atoms with van der Waals surface area (Å²) in [6.07, 6.45) is 0. The molecule has 136 valence electrons. The van der Waals surface area contributed by atoms with E-state index in [1.54, 1.807) is 11.3 Å². The molecule has 1 aromatic heterocycles. The van der Waals surface area contributed by atoms with E-state index in [2.05, 4.69) is 10.0 Å². The lowest BCUT2D eigenvalue weighted by molar-refractivity contribution is -0.384. The predicted molar refractivity (Wildman–Crippen MR) is 99.5 cm³/mol. The Morgan fingerprint density at radius 1 is 1.24 bits per heavy atom. The largest absolute Gasteiger partial charge is 0.371 e. The van der Waals surface area contributed by atoms with E-state index in [1.807, 2.05) is 38.3 Å². The van der Waals surface area contributed by atoms with Gasteiger partial charge in [-0.25, -0.2) is 13.1 Å². The van der Waals surface area contributed by atoms with Gasteiger partial charge in [-0.05, 0) is 36.0 Å². The lowest BCUT2D eigenvalue weighted by Crippen LogP contribution is -2.25. The number of thiophene rings is 1. The molecule has 0 bridgehead atoms. The molecule has 1 atom stereocenters. The van der Waals surface area contributed by atoms with Crippen LogP contribution in [0.25, 0.3) is 0 Å². The number of sulfonamides is 1. The summed E-state index contributed by atoms with van der Waals surface area (Å²) in [6, 6.07) is 7.61. The molecule has 2 aromatic rings. The zero-order chi connectivity index (χ0) is 18.8. The monoisotopic (exact) mass is 383 g/mol. The van der Waals surface area contributed by atoms with Crippen LogP contribution < -0.4 is 10.0 Å². The molecule has 7 nitrogen and oxygen atoms in total. The van der Waals surface area contributed by atoms with Crippen LogP contribution in [0, 0.1) is 15.5 Å². The third-order valence-corrected chi connectivity index (χ3v) is 6.09. The van der Waals surface area contributed by atoms with E-state index in [4.69, 9.17) is 0 Å². The molecule has 0 amide bonds. The second kappa shape index (κ2) is 7.11. The number of hydrogen-bond donors (Lipinski definition) is 2. The Balaban J connectivity index is 2.49. The molecule has 1 heterocycles. The van der Waals surface area contributed by atoms with Crippen LogP contribution in [0.3, 0.4) is 0 Å². The Kier molecular flexibility index (Phi) is 5.50. The second-order valence-corrected chi connectivity index (χ2v) is 9.47. The number of rotatable bonds is 6. The lowest BCUT2D eigenvalue weighted by Gasteiger charge is -2.31. The minimum absolute atomic E-state index is 0.143. The first-order chi connectivity index (χ1) is 11.6. The maximum Gasteiger partial charge on any atom is 0.293 e. The van der Waals surface area contributed by atoms with E-state index < -0.39 is 14.9 Å². The predicted octanol–water partition coefficient (Wildman–Crippen LogP) is 3.76. The van der Waals surface area contributed by atoms with Crippen molar-refractivity contribution in [3.8, 4) is 0 Å². The first-order valence-electron chi connectivity index (χ1n) is 7.58. The summed E-state index contributed by atoms with van der Waals surface area (Å²) >= 11 is 1.56. The summed E-state index contributed by atoms with van der Waals surface area (Å²) in [4.78, 5) is 11.8. The molecular weight excluding hydrogens is 362 g/mol. The third-order valence-electron chi connectivity index (χ3n) is 3.74. The molecular formula is C16H21N3O4S2. The number of hydrogen-bond acceptors (Lipinski definition) is 6. The van der Waals surface area contributed by atoms with E-state index >= 15 is 0 Å². The number of nitrogens with one attached hydrogen (secondary N) is 2. The molecule has 0 spiro atoms. The van der Waals surface area contributed by atoms with E-state index in [0.29, 0.717) is 0 Å². The van der Waals surface area contributed by atoms with Crippen LogP contribution in [0.5, 0.6) is 0 Å². The molecule has 25 heavy (non-hydrogen) atoms. The quantitative estimate of drug-likeness (QED) is 0.584. The third kappa shape index (κ3) is 4.36. The van der Waals surface area contributed by atoms with Gasteiger partial charge in [0, 0.05) is 10.9 Å². The average Bonchev–Trinajstić information content (AvgIpc) is 3.05. The van der Waals surface area contributed by atoms with Gasteiger partial charge in [-0.1, -0.05) is 26.8 Å². The summed E-state index contributed by atoms with van der Waals surface area (Å²) in [5, 5.41) is 16.6. The number of benzene rings is 1. The Bertz CT molecular complexity index is 856. The van der Waals surface area contributed by atoms with Crippen molar-refractivity contribution in [1.29, 1.82) is 0 Å². The summed E-state index contributed by atoms with van der Waals surface area (Å²) in [5.74, 6) is 0. The Hall–Kier alpha value is -1.97. The van der Waals surface area contributed by atoms with Crippen LogP contribution in [0.1, 0.15) is 31.7 Å². The van der Waals surface area contributed by atoms with E-state index in [1.165, 1.54) is 19.2 Å². The molecule has 2 N–H and O–H groups in total. The first kappa shape index (κ1) is 19.4. The SMILES string of the molecule is CNS(=O)(=O)c1ccc(NC(c2cccs2)C(C)(C)C)c([N+](=O)[O-])c1. The molecule has 0 radical (unpaired) electrons. The van der Waals surface area contributed by atoms with Gasteiger partial charge in [-0.3, -0.25) is 10.1 Å². The summed E-state index contributed by atoms with van der Waals surface area (Å²) in [5.41, 5.74) is -0.190. The molecule has 0 fully saturated rings. The highest BCUT2D eigenvalue weighted by molar-refractivity contribution is 7.89. The van der Waals surface area contributed by atoms with Gasteiger partial charge < -0.3 is 5.32 Å². The standard InChI is InChI=1S/C16H21N3O4S2/c1-16(2,3)15(14-6-5-9-24-14)18-12-8-7-11(25(22,23)17-4)10-13(12)19(20)21/h5-10,15,17-18H,1-4H3. The molecule has 2 rings (SSSR count). The van der Waals surface area contributed by atoms with Gasteiger partial charge in [0.25, 0.3) is 5.69 Å². The number of anilines is 1. The number of nitro groups is 1. The molecule has 1 aromatic carbocycles. The Morgan fingerprint density at radius 2 is 1.92 bits per heavy atom. The van der Waals surface area contributed by atoms with Gasteiger partial charge in [-0.15, -0.1) is 11.3 Å². The molecule has 1 unspecified atom stereocenters. The topological polar surface area (TPSA) is 101 Å². The van der Waals surface area contributed by atoms with Gasteiger partial charge >= 0.3 is 0 Å². The van der Waals surface area contributed by atoms with Crippen molar-refractivity contribution in [3.05, 3.63) is 50.7 Å². The van der Waals surface area contributed by atoms with Crippen LogP contribution in [0.2, 0.25) is 0 Å². The zero-order valence-corrected chi connectivity index (χ0v) is 16.1. The minimum Gasteiger partial charge on any atom is -0.371 e. The Labute approximate surface area is 151 Å². The van der Waals surface area contributed by atoms with Gasteiger partial charge in [0.2, 0.25) is 10.0 Å². The van der Waals surface area contributed by atoms with Gasteiger partial charge in [0.05, 0.1) is 15.9 Å². The molecule has 0 aliphatic heterocycles.